The van der Waals surface area contributed by atoms with Crippen LogP contribution in [-0.2, 0) is 10.1 Å². The number of hydrogen-bond donors (Lipinski definition) is 3. The van der Waals surface area contributed by atoms with Gasteiger partial charge in [0.25, 0.3) is 10.1 Å². The largest absolute Gasteiger partial charge is 0.504 e. The highest BCUT2D eigenvalue weighted by Crippen LogP contribution is 2.35. The third-order valence-corrected chi connectivity index (χ3v) is 2.53. The number of rotatable bonds is 2. The summed E-state index contributed by atoms with van der Waals surface area (Å²) < 4.78 is 30.0. The Morgan fingerprint density at radius 2 is 1.79 bits per heavy atom. The molecule has 0 amide bonds. The van der Waals surface area contributed by atoms with E-state index in [1.807, 2.05) is 0 Å². The van der Waals surface area contributed by atoms with Crippen molar-refractivity contribution >= 4 is 16.2 Å². The Kier molecular flexibility index (Phi) is 2.50. The molecule has 0 atom stereocenters. The van der Waals surface area contributed by atoms with Crippen molar-refractivity contribution in [3.63, 3.8) is 0 Å². The highest BCUT2D eigenvalue weighted by Gasteiger charge is 2.19. The molecule has 14 heavy (non-hydrogen) atoms. The van der Waals surface area contributed by atoms with Crippen LogP contribution in [0.25, 0.3) is 6.08 Å². The van der Waals surface area contributed by atoms with Gasteiger partial charge < -0.3 is 10.2 Å². The zero-order valence-electron chi connectivity index (χ0n) is 7.01. The summed E-state index contributed by atoms with van der Waals surface area (Å²) in [7, 11) is -4.53. The normalized spacial score (nSPS) is 11.2. The van der Waals surface area contributed by atoms with Crippen LogP contribution >= 0.6 is 0 Å². The molecule has 0 heterocycles. The van der Waals surface area contributed by atoms with Gasteiger partial charge >= 0.3 is 0 Å². The fraction of sp³-hybridized carbons (Fsp3) is 0. The van der Waals surface area contributed by atoms with Gasteiger partial charge in [0, 0.05) is 5.56 Å². The Morgan fingerprint density at radius 3 is 2.21 bits per heavy atom. The lowest BCUT2D eigenvalue weighted by molar-refractivity contribution is 0.388. The first kappa shape index (κ1) is 10.6. The maximum absolute atomic E-state index is 10.7. The van der Waals surface area contributed by atoms with E-state index in [0.29, 0.717) is 0 Å². The van der Waals surface area contributed by atoms with E-state index < -0.39 is 26.5 Å². The summed E-state index contributed by atoms with van der Waals surface area (Å²) in [5.74, 6) is -1.51. The van der Waals surface area contributed by atoms with Gasteiger partial charge in [-0.1, -0.05) is 12.7 Å². The fourth-order valence-electron chi connectivity index (χ4n) is 0.950. The molecule has 1 aromatic carbocycles. The second kappa shape index (κ2) is 3.32. The van der Waals surface area contributed by atoms with Gasteiger partial charge in [-0.15, -0.1) is 0 Å². The molecule has 6 heteroatoms. The third-order valence-electron chi connectivity index (χ3n) is 1.64. The SMILES string of the molecule is C=Cc1ccc(S(=O)(=O)O)c(O)c1O. The minimum Gasteiger partial charge on any atom is -0.504 e. The summed E-state index contributed by atoms with van der Waals surface area (Å²) in [5, 5.41) is 18.5. The molecule has 3 N–H and O–H groups in total. The molecule has 0 unspecified atom stereocenters. The van der Waals surface area contributed by atoms with Gasteiger partial charge in [-0.2, -0.15) is 8.42 Å². The van der Waals surface area contributed by atoms with Crippen molar-refractivity contribution in [1.29, 1.82) is 0 Å². The van der Waals surface area contributed by atoms with Crippen LogP contribution in [0.3, 0.4) is 0 Å². The molecule has 0 aromatic heterocycles. The molecule has 0 saturated heterocycles. The molecular weight excluding hydrogens is 208 g/mol. The van der Waals surface area contributed by atoms with Crippen LogP contribution < -0.4 is 0 Å². The molecule has 76 valence electrons. The first-order chi connectivity index (χ1) is 6.38. The summed E-state index contributed by atoms with van der Waals surface area (Å²) in [5.41, 5.74) is 0.176. The smallest absolute Gasteiger partial charge is 0.298 e. The second-order valence-corrected chi connectivity index (χ2v) is 3.92. The third kappa shape index (κ3) is 1.70. The number of benzene rings is 1. The Morgan fingerprint density at radius 1 is 1.21 bits per heavy atom. The molecule has 1 rings (SSSR count). The van der Waals surface area contributed by atoms with Crippen LogP contribution in [0.5, 0.6) is 11.5 Å². The molecule has 0 saturated carbocycles. The van der Waals surface area contributed by atoms with Crippen LogP contribution in [0.1, 0.15) is 5.56 Å². The molecule has 1 aromatic rings. The first-order valence-corrected chi connectivity index (χ1v) is 4.96. The van der Waals surface area contributed by atoms with Crippen LogP contribution in [0.15, 0.2) is 23.6 Å². The van der Waals surface area contributed by atoms with Crippen LogP contribution in [0, 0.1) is 0 Å². The van der Waals surface area contributed by atoms with Gasteiger partial charge in [0.2, 0.25) is 0 Å². The number of phenols is 2. The van der Waals surface area contributed by atoms with Crippen LogP contribution in [0.2, 0.25) is 0 Å². The summed E-state index contributed by atoms with van der Waals surface area (Å²) in [4.78, 5) is -0.736. The van der Waals surface area contributed by atoms with Crippen molar-refractivity contribution in [1.82, 2.24) is 0 Å². The van der Waals surface area contributed by atoms with Gasteiger partial charge in [0.15, 0.2) is 11.5 Å². The van der Waals surface area contributed by atoms with E-state index >= 15 is 0 Å². The van der Waals surface area contributed by atoms with Crippen LogP contribution in [0.4, 0.5) is 0 Å². The summed E-state index contributed by atoms with van der Waals surface area (Å²) >= 11 is 0. The summed E-state index contributed by atoms with van der Waals surface area (Å²) in [6.07, 6.45) is 1.24. The van der Waals surface area contributed by atoms with Gasteiger partial charge in [0.1, 0.15) is 4.90 Å². The first-order valence-electron chi connectivity index (χ1n) is 3.52. The van der Waals surface area contributed by atoms with E-state index in [1.165, 1.54) is 12.1 Å². The molecule has 5 nitrogen and oxygen atoms in total. The molecule has 0 aliphatic heterocycles. The lowest BCUT2D eigenvalue weighted by Gasteiger charge is -2.05. The van der Waals surface area contributed by atoms with E-state index in [4.69, 9.17) is 4.55 Å². The van der Waals surface area contributed by atoms with Crippen molar-refractivity contribution < 1.29 is 23.2 Å². The predicted molar refractivity (Wildman–Crippen MR) is 49.7 cm³/mol. The monoisotopic (exact) mass is 216 g/mol. The minimum absolute atomic E-state index is 0.176. The topological polar surface area (TPSA) is 94.8 Å². The maximum Gasteiger partial charge on any atom is 0.298 e. The maximum atomic E-state index is 10.7. The van der Waals surface area contributed by atoms with Gasteiger partial charge in [-0.3, -0.25) is 4.55 Å². The highest BCUT2D eigenvalue weighted by atomic mass is 32.2. The van der Waals surface area contributed by atoms with E-state index in [1.54, 1.807) is 0 Å². The molecule has 0 aliphatic carbocycles. The Hall–Kier alpha value is -1.53. The highest BCUT2D eigenvalue weighted by molar-refractivity contribution is 7.86. The van der Waals surface area contributed by atoms with Gasteiger partial charge in [-0.25, -0.2) is 0 Å². The standard InChI is InChI=1S/C8H8O5S/c1-2-5-3-4-6(14(11,12)13)8(10)7(5)9/h2-4,9-10H,1H2,(H,11,12,13). The van der Waals surface area contributed by atoms with E-state index in [-0.39, 0.29) is 5.56 Å². The zero-order chi connectivity index (χ0) is 10.9. The summed E-state index contributed by atoms with van der Waals surface area (Å²) in [6.45, 7) is 3.34. The molecular formula is C8H8O5S. The zero-order valence-corrected chi connectivity index (χ0v) is 7.82. The number of aromatic hydroxyl groups is 2. The Labute approximate surface area is 80.7 Å². The molecule has 0 spiro atoms. The van der Waals surface area contributed by atoms with Gasteiger partial charge in [-0.05, 0) is 12.1 Å². The predicted octanol–water partition coefficient (Wildman–Crippen LogP) is 0.988. The average molecular weight is 216 g/mol. The summed E-state index contributed by atoms with van der Waals surface area (Å²) in [6, 6.07) is 2.19. The van der Waals surface area contributed by atoms with E-state index in [0.717, 1.165) is 6.07 Å². The van der Waals surface area contributed by atoms with Crippen LogP contribution in [-0.4, -0.2) is 23.2 Å². The van der Waals surface area contributed by atoms with E-state index in [2.05, 4.69) is 6.58 Å². The van der Waals surface area contributed by atoms with Gasteiger partial charge in [0.05, 0.1) is 0 Å². The van der Waals surface area contributed by atoms with Crippen molar-refractivity contribution in [2.75, 3.05) is 0 Å². The molecule has 0 bridgehead atoms. The lowest BCUT2D eigenvalue weighted by Crippen LogP contribution is -1.98. The van der Waals surface area contributed by atoms with Crippen molar-refractivity contribution in [2.24, 2.45) is 0 Å². The second-order valence-electron chi connectivity index (χ2n) is 2.53. The average Bonchev–Trinajstić information content (AvgIpc) is 2.07. The Bertz CT molecular complexity index is 475. The Balaban J connectivity index is 3.54. The van der Waals surface area contributed by atoms with Crippen molar-refractivity contribution in [2.45, 2.75) is 4.90 Å². The molecule has 0 aliphatic rings. The quantitative estimate of drug-likeness (QED) is 0.506. The fourth-order valence-corrected chi connectivity index (χ4v) is 1.53. The molecule has 0 radical (unpaired) electrons. The molecule has 0 fully saturated rings. The number of hydrogen-bond acceptors (Lipinski definition) is 4. The van der Waals surface area contributed by atoms with E-state index in [9.17, 15) is 18.6 Å². The van der Waals surface area contributed by atoms with Crippen molar-refractivity contribution in [3.8, 4) is 11.5 Å². The number of phenolic OH excluding ortho intramolecular Hbond substituents is 2. The van der Waals surface area contributed by atoms with Crippen molar-refractivity contribution in [3.05, 3.63) is 24.3 Å². The lowest BCUT2D eigenvalue weighted by atomic mass is 10.2. The minimum atomic E-state index is -4.53.